The number of rotatable bonds is 8. The van der Waals surface area contributed by atoms with Gasteiger partial charge in [0.05, 0.1) is 29.8 Å². The van der Waals surface area contributed by atoms with Gasteiger partial charge in [-0.05, 0) is 42.2 Å². The fourth-order valence-corrected chi connectivity index (χ4v) is 3.78. The molecule has 2 aromatic carbocycles. The number of para-hydroxylation sites is 1. The third-order valence-electron chi connectivity index (χ3n) is 5.00. The molecule has 0 amide bonds. The number of aryl methyl sites for hydroxylation is 2. The number of aliphatic hydroxyl groups excluding tert-OH is 1. The molecule has 0 aliphatic heterocycles. The molecule has 0 aliphatic carbocycles. The van der Waals surface area contributed by atoms with Crippen LogP contribution < -0.4 is 9.62 Å². The Balaban J connectivity index is 1.91. The number of halogens is 3. The maximum Gasteiger partial charge on any atom is 0.419 e. The fourth-order valence-electron chi connectivity index (χ4n) is 3.24. The van der Waals surface area contributed by atoms with E-state index in [4.69, 9.17) is 0 Å². The van der Waals surface area contributed by atoms with E-state index in [1.807, 2.05) is 0 Å². The first-order valence-electron chi connectivity index (χ1n) is 9.91. The van der Waals surface area contributed by atoms with E-state index in [0.29, 0.717) is 22.5 Å². The van der Waals surface area contributed by atoms with Crippen LogP contribution in [0.2, 0.25) is 0 Å². The van der Waals surface area contributed by atoms with E-state index in [-0.39, 0.29) is 31.1 Å². The molecule has 11 heteroatoms. The molecule has 0 unspecified atom stereocenters. The van der Waals surface area contributed by atoms with Crippen LogP contribution in [0.3, 0.4) is 0 Å². The van der Waals surface area contributed by atoms with Crippen molar-refractivity contribution in [2.75, 3.05) is 22.9 Å². The predicted molar refractivity (Wildman–Crippen MR) is 120 cm³/mol. The third kappa shape index (κ3) is 6.20. The van der Waals surface area contributed by atoms with E-state index in [1.165, 1.54) is 7.05 Å². The number of aromatic nitrogens is 2. The van der Waals surface area contributed by atoms with Crippen LogP contribution in [-0.4, -0.2) is 36.8 Å². The van der Waals surface area contributed by atoms with Gasteiger partial charge in [0.25, 0.3) is 0 Å². The summed E-state index contributed by atoms with van der Waals surface area (Å²) in [7, 11) is -2.15. The van der Waals surface area contributed by atoms with Crippen molar-refractivity contribution >= 4 is 27.3 Å². The number of sulfonamides is 1. The van der Waals surface area contributed by atoms with Crippen LogP contribution in [0.1, 0.15) is 22.4 Å². The molecule has 0 radical (unpaired) electrons. The Bertz CT molecular complexity index is 1230. The van der Waals surface area contributed by atoms with E-state index in [1.54, 1.807) is 48.5 Å². The minimum atomic E-state index is -4.65. The smallest absolute Gasteiger partial charge is 0.392 e. The van der Waals surface area contributed by atoms with Gasteiger partial charge in [-0.15, -0.1) is 0 Å². The SMILES string of the molecule is CN(c1ccccc1CCc1nc(Nc2cccc(CO)c2)ncc1C(F)(F)F)S(C)(=O)=O. The zero-order chi connectivity index (χ0) is 24.2. The summed E-state index contributed by atoms with van der Waals surface area (Å²) in [6, 6.07) is 13.3. The fraction of sp³-hybridized carbons (Fsp3) is 0.273. The maximum absolute atomic E-state index is 13.6. The van der Waals surface area contributed by atoms with Crippen LogP contribution in [0.5, 0.6) is 0 Å². The molecule has 0 atom stereocenters. The van der Waals surface area contributed by atoms with E-state index < -0.39 is 21.8 Å². The van der Waals surface area contributed by atoms with Gasteiger partial charge < -0.3 is 10.4 Å². The highest BCUT2D eigenvalue weighted by atomic mass is 32.2. The molecule has 0 aliphatic rings. The summed E-state index contributed by atoms with van der Waals surface area (Å²) in [4.78, 5) is 7.89. The van der Waals surface area contributed by atoms with Crippen LogP contribution in [0.15, 0.2) is 54.7 Å². The number of nitrogens with zero attached hydrogens (tertiary/aromatic N) is 3. The van der Waals surface area contributed by atoms with Gasteiger partial charge in [-0.3, -0.25) is 4.31 Å². The highest BCUT2D eigenvalue weighted by Crippen LogP contribution is 2.33. The zero-order valence-corrected chi connectivity index (χ0v) is 18.8. The van der Waals surface area contributed by atoms with E-state index in [2.05, 4.69) is 15.3 Å². The molecule has 3 aromatic rings. The van der Waals surface area contributed by atoms with Gasteiger partial charge >= 0.3 is 6.18 Å². The number of aliphatic hydroxyl groups is 1. The summed E-state index contributed by atoms with van der Waals surface area (Å²) >= 11 is 0. The number of alkyl halides is 3. The van der Waals surface area contributed by atoms with E-state index in [0.717, 1.165) is 16.8 Å². The van der Waals surface area contributed by atoms with Gasteiger partial charge in [-0.25, -0.2) is 18.4 Å². The minimum absolute atomic E-state index is 0.0189. The number of hydrogen-bond acceptors (Lipinski definition) is 6. The summed E-state index contributed by atoms with van der Waals surface area (Å²) in [5.74, 6) is -0.0189. The van der Waals surface area contributed by atoms with Crippen LogP contribution in [-0.2, 0) is 35.6 Å². The molecule has 2 N–H and O–H groups in total. The largest absolute Gasteiger partial charge is 0.419 e. The molecule has 0 bridgehead atoms. The first-order chi connectivity index (χ1) is 15.5. The monoisotopic (exact) mass is 480 g/mol. The first-order valence-corrected chi connectivity index (χ1v) is 11.8. The third-order valence-corrected chi connectivity index (χ3v) is 6.19. The second-order valence-electron chi connectivity index (χ2n) is 7.39. The average Bonchev–Trinajstić information content (AvgIpc) is 2.76. The zero-order valence-electron chi connectivity index (χ0n) is 18.0. The Hall–Kier alpha value is -3.18. The second kappa shape index (κ2) is 9.75. The molecular formula is C22H23F3N4O3S. The van der Waals surface area contributed by atoms with Crippen LogP contribution >= 0.6 is 0 Å². The molecular weight excluding hydrogens is 457 g/mol. The highest BCUT2D eigenvalue weighted by molar-refractivity contribution is 7.92. The molecule has 33 heavy (non-hydrogen) atoms. The molecule has 0 spiro atoms. The summed E-state index contributed by atoms with van der Waals surface area (Å²) in [5.41, 5.74) is 0.941. The quantitative estimate of drug-likeness (QED) is 0.508. The number of hydrogen-bond donors (Lipinski definition) is 2. The van der Waals surface area contributed by atoms with Crippen LogP contribution in [0.25, 0.3) is 0 Å². The Labute approximate surface area is 190 Å². The normalized spacial score (nSPS) is 11.9. The lowest BCUT2D eigenvalue weighted by molar-refractivity contribution is -0.138. The summed E-state index contributed by atoms with van der Waals surface area (Å²) in [6.07, 6.45) is -2.81. The van der Waals surface area contributed by atoms with Crippen molar-refractivity contribution in [2.45, 2.75) is 25.6 Å². The van der Waals surface area contributed by atoms with Gasteiger partial charge in [0.2, 0.25) is 16.0 Å². The molecule has 0 saturated heterocycles. The lowest BCUT2D eigenvalue weighted by atomic mass is 10.0. The molecule has 0 fully saturated rings. The van der Waals surface area contributed by atoms with Gasteiger partial charge in [0, 0.05) is 18.9 Å². The summed E-state index contributed by atoms with van der Waals surface area (Å²) in [5, 5.41) is 12.1. The molecule has 7 nitrogen and oxygen atoms in total. The Kier molecular flexibility index (Phi) is 7.23. The molecule has 1 aromatic heterocycles. The Morgan fingerprint density at radius 1 is 1.09 bits per heavy atom. The van der Waals surface area contributed by atoms with Gasteiger partial charge in [-0.2, -0.15) is 13.2 Å². The van der Waals surface area contributed by atoms with Gasteiger partial charge in [0.1, 0.15) is 0 Å². The number of benzene rings is 2. The Morgan fingerprint density at radius 2 is 1.82 bits per heavy atom. The van der Waals surface area contributed by atoms with Crippen molar-refractivity contribution in [2.24, 2.45) is 0 Å². The van der Waals surface area contributed by atoms with Crippen molar-refractivity contribution in [3.8, 4) is 0 Å². The summed E-state index contributed by atoms with van der Waals surface area (Å²) in [6.45, 7) is -0.185. The second-order valence-corrected chi connectivity index (χ2v) is 9.41. The first kappa shape index (κ1) is 24.5. The van der Waals surface area contributed by atoms with Crippen molar-refractivity contribution in [1.29, 1.82) is 0 Å². The standard InChI is InChI=1S/C22H23F3N4O3S/c1-29(33(2,31)32)20-9-4-3-7-16(20)10-11-19-18(22(23,24)25)13-26-21(28-19)27-17-8-5-6-15(12-17)14-30/h3-9,12-13,30H,10-11,14H2,1-2H3,(H,26,27,28). The predicted octanol–water partition coefficient (Wildman–Crippen LogP) is 3.91. The van der Waals surface area contributed by atoms with Crippen molar-refractivity contribution in [3.63, 3.8) is 0 Å². The van der Waals surface area contributed by atoms with E-state index >= 15 is 0 Å². The lowest BCUT2D eigenvalue weighted by Gasteiger charge is -2.20. The number of anilines is 3. The van der Waals surface area contributed by atoms with Crippen molar-refractivity contribution in [3.05, 3.63) is 77.1 Å². The van der Waals surface area contributed by atoms with Gasteiger partial charge in [0.15, 0.2) is 0 Å². The van der Waals surface area contributed by atoms with E-state index in [9.17, 15) is 26.7 Å². The molecule has 1 heterocycles. The van der Waals surface area contributed by atoms with Crippen molar-refractivity contribution < 1.29 is 26.7 Å². The highest BCUT2D eigenvalue weighted by Gasteiger charge is 2.35. The molecule has 176 valence electrons. The molecule has 3 rings (SSSR count). The maximum atomic E-state index is 13.6. The minimum Gasteiger partial charge on any atom is -0.392 e. The number of nitrogens with one attached hydrogen (secondary N) is 1. The molecule has 0 saturated carbocycles. The van der Waals surface area contributed by atoms with Crippen molar-refractivity contribution in [1.82, 2.24) is 9.97 Å². The topological polar surface area (TPSA) is 95.4 Å². The van der Waals surface area contributed by atoms with Gasteiger partial charge in [-0.1, -0.05) is 30.3 Å². The van der Waals surface area contributed by atoms with Crippen LogP contribution in [0, 0.1) is 0 Å². The average molecular weight is 481 g/mol. The lowest BCUT2D eigenvalue weighted by Crippen LogP contribution is -2.26. The Morgan fingerprint density at radius 3 is 2.48 bits per heavy atom. The summed E-state index contributed by atoms with van der Waals surface area (Å²) < 4.78 is 65.7. The van der Waals surface area contributed by atoms with Crippen LogP contribution in [0.4, 0.5) is 30.5 Å².